The first-order valence-corrected chi connectivity index (χ1v) is 9.75. The maximum atomic E-state index is 13.5. The van der Waals surface area contributed by atoms with Crippen molar-refractivity contribution in [1.82, 2.24) is 0 Å². The first-order chi connectivity index (χ1) is 11.7. The van der Waals surface area contributed by atoms with Crippen molar-refractivity contribution >= 4 is 21.6 Å². The van der Waals surface area contributed by atoms with Gasteiger partial charge in [-0.15, -0.1) is 0 Å². The summed E-state index contributed by atoms with van der Waals surface area (Å²) in [5.74, 6) is -1.31. The molecule has 1 aromatic carbocycles. The van der Waals surface area contributed by atoms with E-state index in [4.69, 9.17) is 4.74 Å². The Hall–Kier alpha value is -1.95. The zero-order valence-corrected chi connectivity index (χ0v) is 15.4. The molecule has 6 heteroatoms. The Bertz CT molecular complexity index is 855. The number of fused-ring (bicyclic) bond motifs is 1. The Labute approximate surface area is 148 Å². The van der Waals surface area contributed by atoms with E-state index in [9.17, 15) is 18.0 Å². The molecule has 0 aliphatic heterocycles. The summed E-state index contributed by atoms with van der Waals surface area (Å²) in [6.45, 7) is 3.52. The second-order valence-electron chi connectivity index (χ2n) is 7.40. The molecule has 1 saturated carbocycles. The van der Waals surface area contributed by atoms with Gasteiger partial charge < -0.3 is 4.74 Å². The van der Waals surface area contributed by atoms with Gasteiger partial charge in [0.05, 0.1) is 17.4 Å². The quantitative estimate of drug-likeness (QED) is 0.773. The van der Waals surface area contributed by atoms with Crippen LogP contribution in [0.15, 0.2) is 46.9 Å². The van der Waals surface area contributed by atoms with E-state index in [0.717, 1.165) is 5.57 Å². The molecule has 0 radical (unpaired) electrons. The third-order valence-corrected chi connectivity index (χ3v) is 8.11. The van der Waals surface area contributed by atoms with Gasteiger partial charge in [0.25, 0.3) is 0 Å². The first kappa shape index (κ1) is 17.9. The number of ether oxygens (including phenoxy) is 1. The minimum Gasteiger partial charge on any atom is -0.469 e. The highest BCUT2D eigenvalue weighted by atomic mass is 32.2. The number of rotatable bonds is 3. The van der Waals surface area contributed by atoms with Crippen molar-refractivity contribution in [1.29, 1.82) is 0 Å². The van der Waals surface area contributed by atoms with Crippen molar-refractivity contribution in [2.45, 2.75) is 42.8 Å². The van der Waals surface area contributed by atoms with E-state index in [1.807, 2.05) is 6.92 Å². The normalized spacial score (nSPS) is 32.0. The van der Waals surface area contributed by atoms with Gasteiger partial charge in [-0.1, -0.05) is 23.8 Å². The van der Waals surface area contributed by atoms with Gasteiger partial charge in [0.2, 0.25) is 0 Å². The molecule has 3 atom stereocenters. The Kier molecular flexibility index (Phi) is 4.14. The Morgan fingerprint density at radius 3 is 2.48 bits per heavy atom. The third kappa shape index (κ3) is 2.46. The maximum absolute atomic E-state index is 13.5. The number of esters is 1. The zero-order valence-electron chi connectivity index (χ0n) is 14.6. The molecule has 0 amide bonds. The molecule has 0 aromatic heterocycles. The monoisotopic (exact) mass is 362 g/mol. The second-order valence-corrected chi connectivity index (χ2v) is 9.60. The summed E-state index contributed by atoms with van der Waals surface area (Å²) < 4.78 is 30.3. The molecule has 2 aliphatic carbocycles. The van der Waals surface area contributed by atoms with E-state index < -0.39 is 37.7 Å². The van der Waals surface area contributed by atoms with Crippen molar-refractivity contribution < 1.29 is 22.7 Å². The van der Waals surface area contributed by atoms with E-state index in [1.165, 1.54) is 25.3 Å². The van der Waals surface area contributed by atoms with Crippen LogP contribution < -0.4 is 0 Å². The fraction of sp³-hybridized carbons (Fsp3) is 0.474. The molecule has 1 aromatic rings. The number of hydrogen-bond acceptors (Lipinski definition) is 5. The summed E-state index contributed by atoms with van der Waals surface area (Å²) in [6, 6.07) is 8.03. The lowest BCUT2D eigenvalue weighted by atomic mass is 9.81. The van der Waals surface area contributed by atoms with Crippen LogP contribution in [0.25, 0.3) is 0 Å². The highest BCUT2D eigenvalue weighted by molar-refractivity contribution is 7.93. The van der Waals surface area contributed by atoms with Gasteiger partial charge in [-0.25, -0.2) is 8.42 Å². The SMILES string of the molecule is COC(=O)[C@]1(C)C[C@H]2CC(C)=CC(=O)[C@]2(S(=O)(=O)c2ccccc2)C1. The predicted octanol–water partition coefficient (Wildman–Crippen LogP) is 2.71. The third-order valence-electron chi connectivity index (χ3n) is 5.58. The van der Waals surface area contributed by atoms with Crippen molar-refractivity contribution in [2.24, 2.45) is 11.3 Å². The first-order valence-electron chi connectivity index (χ1n) is 8.27. The Morgan fingerprint density at radius 2 is 1.88 bits per heavy atom. The topological polar surface area (TPSA) is 77.5 Å². The number of carbonyl (C=O) groups excluding carboxylic acids is 2. The molecular formula is C19H22O5S. The number of ketones is 1. The molecule has 134 valence electrons. The fourth-order valence-corrected chi connectivity index (χ4v) is 6.86. The largest absolute Gasteiger partial charge is 0.469 e. The maximum Gasteiger partial charge on any atom is 0.311 e. The van der Waals surface area contributed by atoms with E-state index in [-0.39, 0.29) is 11.3 Å². The van der Waals surface area contributed by atoms with Gasteiger partial charge in [0.15, 0.2) is 15.6 Å². The van der Waals surface area contributed by atoms with Crippen LogP contribution in [-0.2, 0) is 24.2 Å². The lowest BCUT2D eigenvalue weighted by Crippen LogP contribution is -2.51. The standard InChI is InChI=1S/C19H22O5S/c1-13-9-14-11-18(2,17(21)24-3)12-19(14,16(20)10-13)25(22,23)15-7-5-4-6-8-15/h4-8,10,14H,9,11-12H2,1-3H3/t14-,18-,19+/m1/s1. The average Bonchev–Trinajstić information content (AvgIpc) is 2.90. The molecule has 0 saturated heterocycles. The van der Waals surface area contributed by atoms with Crippen LogP contribution in [0.3, 0.4) is 0 Å². The van der Waals surface area contributed by atoms with E-state index in [2.05, 4.69) is 0 Å². The predicted molar refractivity (Wildman–Crippen MR) is 92.6 cm³/mol. The van der Waals surface area contributed by atoms with E-state index in [1.54, 1.807) is 25.1 Å². The van der Waals surface area contributed by atoms with Gasteiger partial charge in [-0.05, 0) is 57.2 Å². The molecule has 0 N–H and O–H groups in total. The highest BCUT2D eigenvalue weighted by Crippen LogP contribution is 2.57. The highest BCUT2D eigenvalue weighted by Gasteiger charge is 2.66. The summed E-state index contributed by atoms with van der Waals surface area (Å²) in [5, 5.41) is 0. The lowest BCUT2D eigenvalue weighted by molar-refractivity contribution is -0.151. The molecule has 0 heterocycles. The summed E-state index contributed by atoms with van der Waals surface area (Å²) in [7, 11) is -2.66. The van der Waals surface area contributed by atoms with Crippen molar-refractivity contribution in [3.8, 4) is 0 Å². The van der Waals surface area contributed by atoms with Crippen LogP contribution in [0.4, 0.5) is 0 Å². The molecule has 0 unspecified atom stereocenters. The lowest BCUT2D eigenvalue weighted by Gasteiger charge is -2.36. The van der Waals surface area contributed by atoms with Crippen molar-refractivity contribution in [3.63, 3.8) is 0 Å². The summed E-state index contributed by atoms with van der Waals surface area (Å²) in [5.41, 5.74) is -0.141. The van der Waals surface area contributed by atoms with Gasteiger partial charge in [0, 0.05) is 0 Å². The van der Waals surface area contributed by atoms with Crippen molar-refractivity contribution in [3.05, 3.63) is 42.0 Å². The van der Waals surface area contributed by atoms with Gasteiger partial charge in [-0.3, -0.25) is 9.59 Å². The van der Waals surface area contributed by atoms with Crippen LogP contribution in [0, 0.1) is 11.3 Å². The number of allylic oxidation sites excluding steroid dienone is 2. The van der Waals surface area contributed by atoms with Gasteiger partial charge >= 0.3 is 5.97 Å². The van der Waals surface area contributed by atoms with Gasteiger partial charge in [-0.2, -0.15) is 0 Å². The Balaban J connectivity index is 2.21. The van der Waals surface area contributed by atoms with E-state index >= 15 is 0 Å². The minimum atomic E-state index is -3.95. The molecule has 0 bridgehead atoms. The molecular weight excluding hydrogens is 340 g/mol. The zero-order chi connectivity index (χ0) is 18.5. The summed E-state index contributed by atoms with van der Waals surface area (Å²) in [6.07, 6.45) is 2.20. The molecule has 2 aliphatic rings. The summed E-state index contributed by atoms with van der Waals surface area (Å²) >= 11 is 0. The number of methoxy groups -OCH3 is 1. The van der Waals surface area contributed by atoms with Crippen LogP contribution in [0.1, 0.15) is 33.1 Å². The van der Waals surface area contributed by atoms with E-state index in [0.29, 0.717) is 12.8 Å². The van der Waals surface area contributed by atoms with Crippen LogP contribution in [0.2, 0.25) is 0 Å². The molecule has 5 nitrogen and oxygen atoms in total. The minimum absolute atomic E-state index is 0.0445. The molecule has 1 fully saturated rings. The average molecular weight is 362 g/mol. The van der Waals surface area contributed by atoms with Crippen molar-refractivity contribution in [2.75, 3.05) is 7.11 Å². The number of sulfone groups is 1. The van der Waals surface area contributed by atoms with Crippen LogP contribution in [0.5, 0.6) is 0 Å². The number of benzene rings is 1. The Morgan fingerprint density at radius 1 is 1.24 bits per heavy atom. The van der Waals surface area contributed by atoms with Gasteiger partial charge in [0.1, 0.15) is 4.75 Å². The summed E-state index contributed by atoms with van der Waals surface area (Å²) in [4.78, 5) is 25.5. The fourth-order valence-electron chi connectivity index (χ4n) is 4.48. The smallest absolute Gasteiger partial charge is 0.311 e. The number of carbonyl (C=O) groups is 2. The molecule has 3 rings (SSSR count). The molecule has 0 spiro atoms. The van der Waals surface area contributed by atoms with Crippen LogP contribution in [-0.4, -0.2) is 32.0 Å². The molecule has 25 heavy (non-hydrogen) atoms. The second kappa shape index (κ2) is 5.80. The number of hydrogen-bond donors (Lipinski definition) is 0. The van der Waals surface area contributed by atoms with Crippen LogP contribution >= 0.6 is 0 Å².